The van der Waals surface area contributed by atoms with Crippen molar-refractivity contribution in [3.8, 4) is 22.6 Å². The molecule has 8 heteroatoms. The minimum Gasteiger partial charge on any atom is -0.494 e. The zero-order valence-electron chi connectivity index (χ0n) is 20.0. The second kappa shape index (κ2) is 11.2. The fourth-order valence-corrected chi connectivity index (χ4v) is 4.00. The lowest BCUT2D eigenvalue weighted by molar-refractivity contribution is -0.154. The molecule has 0 aliphatic carbocycles. The van der Waals surface area contributed by atoms with Crippen molar-refractivity contribution < 1.29 is 35.8 Å². The van der Waals surface area contributed by atoms with Gasteiger partial charge in [-0.2, -0.15) is 13.2 Å². The molecule has 0 aromatic heterocycles. The van der Waals surface area contributed by atoms with Crippen LogP contribution in [0.4, 0.5) is 26.3 Å². The van der Waals surface area contributed by atoms with Crippen LogP contribution in [0.1, 0.15) is 24.5 Å². The molecule has 0 unspecified atom stereocenters. The van der Waals surface area contributed by atoms with E-state index in [9.17, 15) is 22.0 Å². The van der Waals surface area contributed by atoms with Gasteiger partial charge < -0.3 is 9.47 Å². The standard InChI is InChI=1S/C29H24F6O2/c1-2-13-36-23-10-7-19(8-11-23)21-9-12-24-22(16-21)6-5-20(27(24)32)4-3-18-14-25(30)28(26(31)15-18)37-17-29(33,34)35/h5-12,14-16H,2-4,13,17H2,1H3. The molecule has 0 N–H and O–H groups in total. The highest BCUT2D eigenvalue weighted by atomic mass is 19.4. The summed E-state index contributed by atoms with van der Waals surface area (Å²) in [6.07, 6.45) is -3.58. The van der Waals surface area contributed by atoms with Gasteiger partial charge in [0.15, 0.2) is 24.0 Å². The van der Waals surface area contributed by atoms with Crippen LogP contribution in [0.3, 0.4) is 0 Å². The van der Waals surface area contributed by atoms with Gasteiger partial charge in [-0.25, -0.2) is 13.2 Å². The van der Waals surface area contributed by atoms with Gasteiger partial charge in [-0.1, -0.05) is 43.3 Å². The van der Waals surface area contributed by atoms with Crippen molar-refractivity contribution in [3.63, 3.8) is 0 Å². The molecule has 4 aromatic carbocycles. The van der Waals surface area contributed by atoms with Crippen LogP contribution in [0, 0.1) is 17.5 Å². The summed E-state index contributed by atoms with van der Waals surface area (Å²) >= 11 is 0. The third-order valence-electron chi connectivity index (χ3n) is 5.82. The highest BCUT2D eigenvalue weighted by Crippen LogP contribution is 2.30. The predicted octanol–water partition coefficient (Wildman–Crippen LogP) is 8.44. The van der Waals surface area contributed by atoms with Gasteiger partial charge in [0.05, 0.1) is 6.61 Å². The van der Waals surface area contributed by atoms with Crippen LogP contribution in [-0.4, -0.2) is 19.4 Å². The van der Waals surface area contributed by atoms with E-state index in [0.29, 0.717) is 22.9 Å². The van der Waals surface area contributed by atoms with Gasteiger partial charge in [-0.15, -0.1) is 0 Å². The maximum atomic E-state index is 15.2. The van der Waals surface area contributed by atoms with E-state index in [0.717, 1.165) is 35.4 Å². The Hall–Kier alpha value is -3.68. The van der Waals surface area contributed by atoms with Crippen molar-refractivity contribution in [1.82, 2.24) is 0 Å². The van der Waals surface area contributed by atoms with Gasteiger partial charge in [0.25, 0.3) is 0 Å². The molecule has 0 atom stereocenters. The average Bonchev–Trinajstić information content (AvgIpc) is 2.86. The fourth-order valence-electron chi connectivity index (χ4n) is 4.00. The fraction of sp³-hybridized carbons (Fsp3) is 0.241. The van der Waals surface area contributed by atoms with E-state index in [1.54, 1.807) is 18.2 Å². The molecular weight excluding hydrogens is 494 g/mol. The lowest BCUT2D eigenvalue weighted by atomic mass is 9.97. The normalized spacial score (nSPS) is 11.6. The monoisotopic (exact) mass is 518 g/mol. The highest BCUT2D eigenvalue weighted by molar-refractivity contribution is 5.88. The van der Waals surface area contributed by atoms with E-state index in [-0.39, 0.29) is 18.4 Å². The van der Waals surface area contributed by atoms with Crippen LogP contribution >= 0.6 is 0 Å². The SMILES string of the molecule is CCCOc1ccc(-c2ccc3c(F)c(CCc4cc(F)c(OCC(F)(F)F)c(F)c4)ccc3c2)cc1. The summed E-state index contributed by atoms with van der Waals surface area (Å²) in [4.78, 5) is 0. The second-order valence-corrected chi connectivity index (χ2v) is 8.64. The molecule has 0 spiro atoms. The van der Waals surface area contributed by atoms with Gasteiger partial charge in [0.1, 0.15) is 11.6 Å². The molecule has 0 saturated heterocycles. The number of fused-ring (bicyclic) bond motifs is 1. The third kappa shape index (κ3) is 6.56. The van der Waals surface area contributed by atoms with Crippen LogP contribution in [0.15, 0.2) is 66.7 Å². The lowest BCUT2D eigenvalue weighted by Crippen LogP contribution is -2.20. The number of halogens is 6. The number of aryl methyl sites for hydroxylation is 2. The first-order valence-electron chi connectivity index (χ1n) is 11.8. The summed E-state index contributed by atoms with van der Waals surface area (Å²) in [6, 6.07) is 18.3. The summed E-state index contributed by atoms with van der Waals surface area (Å²) in [6.45, 7) is 0.872. The summed E-state index contributed by atoms with van der Waals surface area (Å²) in [5, 5.41) is 1.12. The van der Waals surface area contributed by atoms with E-state index in [2.05, 4.69) is 4.74 Å². The van der Waals surface area contributed by atoms with E-state index in [4.69, 9.17) is 4.74 Å². The van der Waals surface area contributed by atoms with Gasteiger partial charge in [0, 0.05) is 5.39 Å². The first-order valence-corrected chi connectivity index (χ1v) is 11.8. The molecule has 0 radical (unpaired) electrons. The number of benzene rings is 4. The Balaban J connectivity index is 1.48. The number of ether oxygens (including phenoxy) is 2. The topological polar surface area (TPSA) is 18.5 Å². The smallest absolute Gasteiger partial charge is 0.422 e. The van der Waals surface area contributed by atoms with Gasteiger partial charge in [-0.3, -0.25) is 0 Å². The van der Waals surface area contributed by atoms with Crippen molar-refractivity contribution in [2.75, 3.05) is 13.2 Å². The largest absolute Gasteiger partial charge is 0.494 e. The zero-order valence-corrected chi connectivity index (χ0v) is 20.0. The van der Waals surface area contributed by atoms with Crippen molar-refractivity contribution >= 4 is 10.8 Å². The Morgan fingerprint density at radius 1 is 0.730 bits per heavy atom. The van der Waals surface area contributed by atoms with Crippen molar-refractivity contribution in [2.24, 2.45) is 0 Å². The molecule has 0 amide bonds. The molecule has 4 rings (SSSR count). The first-order chi connectivity index (χ1) is 17.6. The zero-order chi connectivity index (χ0) is 26.6. The van der Waals surface area contributed by atoms with Crippen LogP contribution < -0.4 is 9.47 Å². The highest BCUT2D eigenvalue weighted by Gasteiger charge is 2.30. The van der Waals surface area contributed by atoms with Gasteiger partial charge >= 0.3 is 6.18 Å². The maximum absolute atomic E-state index is 15.2. The molecule has 0 bridgehead atoms. The minimum atomic E-state index is -4.72. The third-order valence-corrected chi connectivity index (χ3v) is 5.82. The Morgan fingerprint density at radius 2 is 1.41 bits per heavy atom. The van der Waals surface area contributed by atoms with Gasteiger partial charge in [0.2, 0.25) is 0 Å². The maximum Gasteiger partial charge on any atom is 0.422 e. The molecule has 0 saturated carbocycles. The van der Waals surface area contributed by atoms with Crippen LogP contribution in [0.25, 0.3) is 21.9 Å². The molecule has 0 aliphatic heterocycles. The molecule has 37 heavy (non-hydrogen) atoms. The van der Waals surface area contributed by atoms with Crippen LogP contribution in [-0.2, 0) is 12.8 Å². The molecule has 4 aromatic rings. The Labute approximate surface area is 210 Å². The lowest BCUT2D eigenvalue weighted by Gasteiger charge is -2.12. The van der Waals surface area contributed by atoms with E-state index < -0.39 is 36.0 Å². The summed E-state index contributed by atoms with van der Waals surface area (Å²) < 4.78 is 90.2. The summed E-state index contributed by atoms with van der Waals surface area (Å²) in [7, 11) is 0. The first kappa shape index (κ1) is 26.4. The van der Waals surface area contributed by atoms with Crippen LogP contribution in [0.2, 0.25) is 0 Å². The predicted molar refractivity (Wildman–Crippen MR) is 130 cm³/mol. The summed E-state index contributed by atoms with van der Waals surface area (Å²) in [5.74, 6) is -3.22. The Bertz CT molecular complexity index is 1360. The van der Waals surface area contributed by atoms with E-state index >= 15 is 4.39 Å². The van der Waals surface area contributed by atoms with Crippen molar-refractivity contribution in [2.45, 2.75) is 32.4 Å². The summed E-state index contributed by atoms with van der Waals surface area (Å²) in [5.41, 5.74) is 2.41. The number of hydrogen-bond acceptors (Lipinski definition) is 2. The number of hydrogen-bond donors (Lipinski definition) is 0. The Kier molecular flexibility index (Phi) is 7.95. The minimum absolute atomic E-state index is 0.0837. The molecule has 0 fully saturated rings. The molecule has 2 nitrogen and oxygen atoms in total. The van der Waals surface area contributed by atoms with Gasteiger partial charge in [-0.05, 0) is 77.2 Å². The van der Waals surface area contributed by atoms with Crippen molar-refractivity contribution in [1.29, 1.82) is 0 Å². The van der Waals surface area contributed by atoms with E-state index in [1.807, 2.05) is 43.3 Å². The number of rotatable bonds is 9. The Morgan fingerprint density at radius 3 is 2.05 bits per heavy atom. The van der Waals surface area contributed by atoms with Crippen LogP contribution in [0.5, 0.6) is 11.5 Å². The second-order valence-electron chi connectivity index (χ2n) is 8.64. The molecule has 0 heterocycles. The molecular formula is C29H24F6O2. The average molecular weight is 518 g/mol. The van der Waals surface area contributed by atoms with Crippen molar-refractivity contribution in [3.05, 3.63) is 95.3 Å². The molecule has 194 valence electrons. The molecule has 0 aliphatic rings. The quantitative estimate of drug-likeness (QED) is 0.207. The van der Waals surface area contributed by atoms with E-state index in [1.165, 1.54) is 0 Å². The number of alkyl halides is 3.